The summed E-state index contributed by atoms with van der Waals surface area (Å²) < 4.78 is 0. The minimum Gasteiger partial charge on any atom is -0.355 e. The molecule has 2 aliphatic heterocycles. The summed E-state index contributed by atoms with van der Waals surface area (Å²) >= 11 is 2.01. The highest BCUT2D eigenvalue weighted by molar-refractivity contribution is 14.0. The number of anilines is 1. The molecule has 0 aliphatic carbocycles. The minimum absolute atomic E-state index is 0. The molecule has 1 unspecified atom stereocenters. The lowest BCUT2D eigenvalue weighted by atomic mass is 10.0. The number of halogens is 1. The Morgan fingerprint density at radius 3 is 2.92 bits per heavy atom. The van der Waals surface area contributed by atoms with E-state index < -0.39 is 0 Å². The van der Waals surface area contributed by atoms with Crippen LogP contribution < -0.4 is 15.5 Å². The molecule has 1 aromatic carbocycles. The van der Waals surface area contributed by atoms with Gasteiger partial charge in [0, 0.05) is 31.1 Å². The Morgan fingerprint density at radius 1 is 1.32 bits per heavy atom. The highest BCUT2D eigenvalue weighted by Gasteiger charge is 2.22. The fourth-order valence-electron chi connectivity index (χ4n) is 3.28. The molecule has 5 nitrogen and oxygen atoms in total. The Labute approximate surface area is 171 Å². The van der Waals surface area contributed by atoms with Gasteiger partial charge in [-0.2, -0.15) is 11.8 Å². The van der Waals surface area contributed by atoms with Gasteiger partial charge in [-0.15, -0.1) is 24.0 Å². The van der Waals surface area contributed by atoms with Crippen LogP contribution in [0.4, 0.5) is 5.69 Å². The summed E-state index contributed by atoms with van der Waals surface area (Å²) in [4.78, 5) is 18.7. The topological polar surface area (TPSA) is 56.7 Å². The third-order valence-corrected chi connectivity index (χ3v) is 5.96. The number of aryl methyl sites for hydroxylation is 1. The molecule has 0 saturated carbocycles. The average molecular weight is 474 g/mol. The molecule has 2 N–H and O–H groups in total. The molecule has 3 rings (SSSR count). The minimum atomic E-state index is 0. The second-order valence-electron chi connectivity index (χ2n) is 6.22. The SMILES string of the molecule is CN=C(NCC(=O)N1CCCc2ccccc21)NCC1CCCS1.I. The maximum absolute atomic E-state index is 12.6. The number of thioether (sulfide) groups is 1. The summed E-state index contributed by atoms with van der Waals surface area (Å²) in [6, 6.07) is 8.19. The van der Waals surface area contributed by atoms with Gasteiger partial charge in [0.25, 0.3) is 0 Å². The predicted molar refractivity (Wildman–Crippen MR) is 117 cm³/mol. The molecule has 25 heavy (non-hydrogen) atoms. The first-order valence-electron chi connectivity index (χ1n) is 8.72. The number of nitrogens with one attached hydrogen (secondary N) is 2. The zero-order chi connectivity index (χ0) is 16.8. The third-order valence-electron chi connectivity index (χ3n) is 4.56. The molecule has 0 bridgehead atoms. The maximum atomic E-state index is 12.6. The van der Waals surface area contributed by atoms with Gasteiger partial charge in [-0.3, -0.25) is 9.79 Å². The molecular formula is C18H27IN4OS. The third kappa shape index (κ3) is 5.51. The molecule has 0 aromatic heterocycles. The van der Waals surface area contributed by atoms with E-state index in [4.69, 9.17) is 0 Å². The molecular weight excluding hydrogens is 447 g/mol. The van der Waals surface area contributed by atoms with E-state index in [1.807, 2.05) is 34.9 Å². The number of nitrogens with zero attached hydrogens (tertiary/aromatic N) is 2. The van der Waals surface area contributed by atoms with E-state index in [1.54, 1.807) is 7.05 Å². The van der Waals surface area contributed by atoms with E-state index >= 15 is 0 Å². The van der Waals surface area contributed by atoms with Gasteiger partial charge in [0.15, 0.2) is 5.96 Å². The number of para-hydroxylation sites is 1. The molecule has 1 fully saturated rings. The smallest absolute Gasteiger partial charge is 0.246 e. The van der Waals surface area contributed by atoms with Crippen LogP contribution in [0.25, 0.3) is 0 Å². The van der Waals surface area contributed by atoms with Crippen LogP contribution in [0.5, 0.6) is 0 Å². The number of carbonyl (C=O) groups is 1. The van der Waals surface area contributed by atoms with Crippen molar-refractivity contribution in [1.82, 2.24) is 10.6 Å². The van der Waals surface area contributed by atoms with Crippen LogP contribution in [0.15, 0.2) is 29.3 Å². The predicted octanol–water partition coefficient (Wildman–Crippen LogP) is 2.64. The first-order valence-corrected chi connectivity index (χ1v) is 9.77. The first-order chi connectivity index (χ1) is 11.8. The maximum Gasteiger partial charge on any atom is 0.246 e. The zero-order valence-corrected chi connectivity index (χ0v) is 17.8. The highest BCUT2D eigenvalue weighted by atomic mass is 127. The Kier molecular flexibility index (Phi) is 8.35. The van der Waals surface area contributed by atoms with Gasteiger partial charge in [0.05, 0.1) is 6.54 Å². The largest absolute Gasteiger partial charge is 0.355 e. The van der Waals surface area contributed by atoms with Gasteiger partial charge in [-0.05, 0) is 43.1 Å². The summed E-state index contributed by atoms with van der Waals surface area (Å²) in [6.07, 6.45) is 4.64. The number of amides is 1. The quantitative estimate of drug-likeness (QED) is 0.401. The molecule has 1 amide bonds. The van der Waals surface area contributed by atoms with Crippen molar-refractivity contribution in [3.8, 4) is 0 Å². The first kappa shape index (κ1) is 20.4. The Balaban J connectivity index is 0.00000225. The van der Waals surface area contributed by atoms with Crippen molar-refractivity contribution >= 4 is 53.3 Å². The number of hydrogen-bond donors (Lipinski definition) is 2. The van der Waals surface area contributed by atoms with Crippen LogP contribution in [0.1, 0.15) is 24.8 Å². The standard InChI is InChI=1S/C18H26N4OS.HI/c1-19-18(20-12-15-8-5-11-24-15)21-13-17(23)22-10-4-7-14-6-2-3-9-16(14)22;/h2-3,6,9,15H,4-5,7-8,10-13H2,1H3,(H2,19,20,21);1H. The van der Waals surface area contributed by atoms with E-state index in [9.17, 15) is 4.79 Å². The van der Waals surface area contributed by atoms with Crippen LogP contribution in [0.2, 0.25) is 0 Å². The van der Waals surface area contributed by atoms with E-state index in [1.165, 1.54) is 24.2 Å². The number of benzene rings is 1. The number of guanidine groups is 1. The Hall–Kier alpha value is -0.960. The lowest BCUT2D eigenvalue weighted by molar-refractivity contribution is -0.117. The van der Waals surface area contributed by atoms with Crippen LogP contribution in [-0.4, -0.2) is 49.6 Å². The van der Waals surface area contributed by atoms with E-state index in [2.05, 4.69) is 21.7 Å². The van der Waals surface area contributed by atoms with Crippen LogP contribution in [0, 0.1) is 0 Å². The molecule has 2 aliphatic rings. The number of aliphatic imine (C=N–C) groups is 1. The van der Waals surface area contributed by atoms with E-state index in [0.717, 1.165) is 31.6 Å². The molecule has 138 valence electrons. The summed E-state index contributed by atoms with van der Waals surface area (Å²) in [7, 11) is 1.75. The van der Waals surface area contributed by atoms with Gasteiger partial charge in [-0.25, -0.2) is 0 Å². The van der Waals surface area contributed by atoms with Crippen LogP contribution >= 0.6 is 35.7 Å². The molecule has 7 heteroatoms. The molecule has 2 heterocycles. The normalized spacial score (nSPS) is 19.8. The van der Waals surface area contributed by atoms with Crippen LogP contribution in [-0.2, 0) is 11.2 Å². The van der Waals surface area contributed by atoms with Gasteiger partial charge in [-0.1, -0.05) is 18.2 Å². The summed E-state index contributed by atoms with van der Waals surface area (Å²) in [5, 5.41) is 7.16. The Morgan fingerprint density at radius 2 is 2.16 bits per heavy atom. The lowest BCUT2D eigenvalue weighted by Crippen LogP contribution is -2.47. The van der Waals surface area contributed by atoms with Crippen molar-refractivity contribution < 1.29 is 4.79 Å². The van der Waals surface area contributed by atoms with E-state index in [-0.39, 0.29) is 36.4 Å². The van der Waals surface area contributed by atoms with Crippen molar-refractivity contribution in [3.05, 3.63) is 29.8 Å². The molecule has 1 atom stereocenters. The number of hydrogen-bond acceptors (Lipinski definition) is 3. The molecule has 1 aromatic rings. The zero-order valence-electron chi connectivity index (χ0n) is 14.7. The summed E-state index contributed by atoms with van der Waals surface area (Å²) in [5.41, 5.74) is 2.32. The molecule has 0 spiro atoms. The average Bonchev–Trinajstić information content (AvgIpc) is 3.14. The van der Waals surface area contributed by atoms with Gasteiger partial charge in [0.2, 0.25) is 5.91 Å². The second-order valence-corrected chi connectivity index (χ2v) is 7.63. The van der Waals surface area contributed by atoms with E-state index in [0.29, 0.717) is 11.2 Å². The van der Waals surface area contributed by atoms with Crippen molar-refractivity contribution in [2.75, 3.05) is 37.3 Å². The lowest BCUT2D eigenvalue weighted by Gasteiger charge is -2.29. The highest BCUT2D eigenvalue weighted by Crippen LogP contribution is 2.26. The van der Waals surface area contributed by atoms with Crippen molar-refractivity contribution in [2.45, 2.75) is 30.9 Å². The number of carbonyl (C=O) groups excluding carboxylic acids is 1. The molecule has 1 saturated heterocycles. The van der Waals surface area contributed by atoms with Crippen LogP contribution in [0.3, 0.4) is 0 Å². The van der Waals surface area contributed by atoms with Crippen molar-refractivity contribution in [3.63, 3.8) is 0 Å². The second kappa shape index (κ2) is 10.3. The van der Waals surface area contributed by atoms with Crippen molar-refractivity contribution in [2.24, 2.45) is 4.99 Å². The fourth-order valence-corrected chi connectivity index (χ4v) is 4.49. The monoisotopic (exact) mass is 474 g/mol. The fraction of sp³-hybridized carbons (Fsp3) is 0.556. The Bertz CT molecular complexity index is 604. The summed E-state index contributed by atoms with van der Waals surface area (Å²) in [6.45, 7) is 1.97. The number of rotatable bonds is 4. The van der Waals surface area contributed by atoms with Gasteiger partial charge in [0.1, 0.15) is 0 Å². The molecule has 0 radical (unpaired) electrons. The van der Waals surface area contributed by atoms with Gasteiger partial charge >= 0.3 is 0 Å². The summed E-state index contributed by atoms with van der Waals surface area (Å²) in [5.74, 6) is 2.06. The van der Waals surface area contributed by atoms with Crippen molar-refractivity contribution in [1.29, 1.82) is 0 Å². The number of fused-ring (bicyclic) bond motifs is 1. The van der Waals surface area contributed by atoms with Gasteiger partial charge < -0.3 is 15.5 Å².